The molecule has 21 heavy (non-hydrogen) atoms. The van der Waals surface area contributed by atoms with Crippen molar-refractivity contribution in [2.75, 3.05) is 0 Å². The van der Waals surface area contributed by atoms with E-state index in [-0.39, 0.29) is 11.5 Å². The molecule has 0 saturated heterocycles. The minimum absolute atomic E-state index is 0.0544. The largest absolute Gasteiger partial charge is 0.393 e. The molecule has 0 aromatic heterocycles. The van der Waals surface area contributed by atoms with Crippen molar-refractivity contribution in [3.05, 3.63) is 11.6 Å². The van der Waals surface area contributed by atoms with Gasteiger partial charge in [-0.05, 0) is 80.0 Å². The van der Waals surface area contributed by atoms with Crippen LogP contribution in [0.5, 0.6) is 0 Å². The quantitative estimate of drug-likeness (QED) is 0.670. The molecule has 0 radical (unpaired) electrons. The summed E-state index contributed by atoms with van der Waals surface area (Å²) in [5.74, 6) is 4.80. The van der Waals surface area contributed by atoms with Gasteiger partial charge < -0.3 is 5.11 Å². The van der Waals surface area contributed by atoms with Gasteiger partial charge in [-0.1, -0.05) is 39.3 Å². The molecule has 1 heteroatoms. The summed E-state index contributed by atoms with van der Waals surface area (Å²) in [6.07, 6.45) is 8.48. The topological polar surface area (TPSA) is 20.2 Å². The Morgan fingerprint density at radius 1 is 1.19 bits per heavy atom. The number of allylic oxidation sites excluding steroid dienone is 2. The third-order valence-electron chi connectivity index (χ3n) is 7.65. The second-order valence-corrected chi connectivity index (χ2v) is 8.60. The highest BCUT2D eigenvalue weighted by atomic mass is 16.3. The van der Waals surface area contributed by atoms with Crippen molar-refractivity contribution in [3.8, 4) is 0 Å². The van der Waals surface area contributed by atoms with Crippen molar-refractivity contribution in [3.63, 3.8) is 0 Å². The smallest absolute Gasteiger partial charge is 0.0596 e. The summed E-state index contributed by atoms with van der Waals surface area (Å²) in [5.41, 5.74) is 1.92. The molecule has 4 unspecified atom stereocenters. The van der Waals surface area contributed by atoms with Gasteiger partial charge in [0.1, 0.15) is 0 Å². The standard InChI is InChI=1S/C20H34O/c1-6-14-10-12(3)19-16-8-9-17(21)20(16,5)11-13(4)18(19)15(14)7-2/h6,12-13,15-19,21H,7-11H2,1-5H3/b14-6-/t12-,13+,15?,16?,17+,18?,19?,20+/m1/s1. The van der Waals surface area contributed by atoms with E-state index in [0.717, 1.165) is 41.9 Å². The van der Waals surface area contributed by atoms with E-state index in [1.165, 1.54) is 25.7 Å². The van der Waals surface area contributed by atoms with E-state index in [0.29, 0.717) is 0 Å². The fourth-order valence-corrected chi connectivity index (χ4v) is 6.85. The predicted molar refractivity (Wildman–Crippen MR) is 88.9 cm³/mol. The molecule has 120 valence electrons. The van der Waals surface area contributed by atoms with Crippen LogP contribution in [-0.4, -0.2) is 11.2 Å². The van der Waals surface area contributed by atoms with Gasteiger partial charge in [0, 0.05) is 0 Å². The Morgan fingerprint density at radius 2 is 1.90 bits per heavy atom. The first-order valence-electron chi connectivity index (χ1n) is 9.27. The predicted octanol–water partition coefficient (Wildman–Crippen LogP) is 5.05. The summed E-state index contributed by atoms with van der Waals surface area (Å²) in [5, 5.41) is 10.6. The molecule has 0 spiro atoms. The monoisotopic (exact) mass is 290 g/mol. The summed E-state index contributed by atoms with van der Waals surface area (Å²) >= 11 is 0. The maximum atomic E-state index is 10.6. The molecule has 0 aromatic rings. The molecule has 8 atom stereocenters. The SMILES string of the molecule is C/C=C1/C[C@@H](C)C2C(C1CC)[C@@H](C)C[C@@]1(C)C2CC[C@@H]1O. The Hall–Kier alpha value is -0.300. The first kappa shape index (κ1) is 15.6. The van der Waals surface area contributed by atoms with E-state index < -0.39 is 0 Å². The Morgan fingerprint density at radius 3 is 2.52 bits per heavy atom. The van der Waals surface area contributed by atoms with Crippen molar-refractivity contribution in [1.29, 1.82) is 0 Å². The van der Waals surface area contributed by atoms with E-state index >= 15 is 0 Å². The molecule has 0 bridgehead atoms. The van der Waals surface area contributed by atoms with Crippen LogP contribution in [-0.2, 0) is 0 Å². The number of aliphatic hydroxyl groups is 1. The van der Waals surface area contributed by atoms with Crippen LogP contribution in [0, 0.1) is 40.9 Å². The molecule has 3 fully saturated rings. The lowest BCUT2D eigenvalue weighted by molar-refractivity contribution is -0.0963. The minimum Gasteiger partial charge on any atom is -0.393 e. The highest BCUT2D eigenvalue weighted by Crippen LogP contribution is 2.64. The second kappa shape index (κ2) is 5.41. The first-order valence-corrected chi connectivity index (χ1v) is 9.27. The fraction of sp³-hybridized carbons (Fsp3) is 0.900. The second-order valence-electron chi connectivity index (χ2n) is 8.60. The molecule has 0 aromatic carbocycles. The van der Waals surface area contributed by atoms with E-state index in [2.05, 4.69) is 40.7 Å². The summed E-state index contributed by atoms with van der Waals surface area (Å²) < 4.78 is 0. The average Bonchev–Trinajstić information content (AvgIpc) is 2.74. The molecule has 1 nitrogen and oxygen atoms in total. The highest BCUT2D eigenvalue weighted by Gasteiger charge is 2.59. The van der Waals surface area contributed by atoms with Gasteiger partial charge >= 0.3 is 0 Å². The van der Waals surface area contributed by atoms with Crippen LogP contribution in [0.1, 0.15) is 66.7 Å². The van der Waals surface area contributed by atoms with Gasteiger partial charge in [-0.15, -0.1) is 0 Å². The molecule has 0 amide bonds. The summed E-state index contributed by atoms with van der Waals surface area (Å²) in [6.45, 7) is 12.0. The zero-order chi connectivity index (χ0) is 15.4. The lowest BCUT2D eigenvalue weighted by Crippen LogP contribution is -2.52. The summed E-state index contributed by atoms with van der Waals surface area (Å²) in [7, 11) is 0. The zero-order valence-electron chi connectivity index (χ0n) is 14.6. The van der Waals surface area contributed by atoms with Crippen LogP contribution in [0.25, 0.3) is 0 Å². The maximum Gasteiger partial charge on any atom is 0.0596 e. The molecule has 0 aliphatic heterocycles. The van der Waals surface area contributed by atoms with E-state index in [1.807, 2.05) is 0 Å². The van der Waals surface area contributed by atoms with Crippen molar-refractivity contribution >= 4 is 0 Å². The lowest BCUT2D eigenvalue weighted by Gasteiger charge is -2.57. The number of aliphatic hydroxyl groups excluding tert-OH is 1. The number of hydrogen-bond donors (Lipinski definition) is 1. The number of rotatable bonds is 1. The van der Waals surface area contributed by atoms with Gasteiger partial charge in [-0.25, -0.2) is 0 Å². The van der Waals surface area contributed by atoms with Crippen molar-refractivity contribution in [1.82, 2.24) is 0 Å². The van der Waals surface area contributed by atoms with Crippen molar-refractivity contribution in [2.24, 2.45) is 40.9 Å². The van der Waals surface area contributed by atoms with E-state index in [1.54, 1.807) is 5.57 Å². The molecule has 3 aliphatic rings. The van der Waals surface area contributed by atoms with Gasteiger partial charge in [0.2, 0.25) is 0 Å². The first-order chi connectivity index (χ1) is 9.93. The number of hydrogen-bond acceptors (Lipinski definition) is 1. The minimum atomic E-state index is -0.0544. The van der Waals surface area contributed by atoms with E-state index in [4.69, 9.17) is 0 Å². The van der Waals surface area contributed by atoms with Crippen LogP contribution in [0.3, 0.4) is 0 Å². The normalized spacial score (nSPS) is 55.3. The summed E-state index contributed by atoms with van der Waals surface area (Å²) in [6, 6.07) is 0. The molecule has 1 N–H and O–H groups in total. The molecular weight excluding hydrogens is 256 g/mol. The van der Waals surface area contributed by atoms with Crippen LogP contribution in [0.15, 0.2) is 11.6 Å². The molecule has 3 rings (SSSR count). The van der Waals surface area contributed by atoms with Gasteiger partial charge in [0.25, 0.3) is 0 Å². The maximum absolute atomic E-state index is 10.6. The summed E-state index contributed by atoms with van der Waals surface area (Å²) in [4.78, 5) is 0. The Balaban J connectivity index is 1.99. The Bertz CT molecular complexity index is 426. The highest BCUT2D eigenvalue weighted by molar-refractivity contribution is 5.18. The van der Waals surface area contributed by atoms with Gasteiger partial charge in [-0.2, -0.15) is 0 Å². The Labute approximate surface area is 131 Å². The molecular formula is C20H34O. The Kier molecular flexibility index (Phi) is 4.01. The van der Waals surface area contributed by atoms with Gasteiger partial charge in [-0.3, -0.25) is 0 Å². The van der Waals surface area contributed by atoms with Gasteiger partial charge in [0.05, 0.1) is 6.10 Å². The zero-order valence-corrected chi connectivity index (χ0v) is 14.6. The third kappa shape index (κ3) is 2.14. The van der Waals surface area contributed by atoms with Crippen LogP contribution < -0.4 is 0 Å². The van der Waals surface area contributed by atoms with Crippen LogP contribution in [0.2, 0.25) is 0 Å². The molecule has 3 saturated carbocycles. The van der Waals surface area contributed by atoms with E-state index in [9.17, 15) is 5.11 Å². The van der Waals surface area contributed by atoms with Crippen LogP contribution >= 0.6 is 0 Å². The van der Waals surface area contributed by atoms with Gasteiger partial charge in [0.15, 0.2) is 0 Å². The van der Waals surface area contributed by atoms with Crippen LogP contribution in [0.4, 0.5) is 0 Å². The fourth-order valence-electron chi connectivity index (χ4n) is 6.85. The average molecular weight is 290 g/mol. The lowest BCUT2D eigenvalue weighted by atomic mass is 9.47. The van der Waals surface area contributed by atoms with Crippen molar-refractivity contribution < 1.29 is 5.11 Å². The molecule has 3 aliphatic carbocycles. The van der Waals surface area contributed by atoms with Crippen molar-refractivity contribution in [2.45, 2.75) is 72.8 Å². The molecule has 0 heterocycles. The third-order valence-corrected chi connectivity index (χ3v) is 7.65. The number of fused-ring (bicyclic) bond motifs is 3.